The second-order valence-corrected chi connectivity index (χ2v) is 11.2. The molecule has 1 amide bonds. The summed E-state index contributed by atoms with van der Waals surface area (Å²) in [4.78, 5) is 31.0. The molecule has 2 aliphatic heterocycles. The minimum absolute atomic E-state index is 0.0256. The molecular formula is C22H25FN6O3S3. The van der Waals surface area contributed by atoms with Crippen LogP contribution in [-0.4, -0.2) is 50.7 Å². The molecule has 9 nitrogen and oxygen atoms in total. The van der Waals surface area contributed by atoms with E-state index in [1.165, 1.54) is 40.2 Å². The topological polar surface area (TPSA) is 102 Å². The number of carbonyl (C=O) groups excluding carboxylic acids is 1. The summed E-state index contributed by atoms with van der Waals surface area (Å²) in [5.74, 6) is -0.540. The first-order valence-corrected chi connectivity index (χ1v) is 13.6. The van der Waals surface area contributed by atoms with Crippen molar-refractivity contribution >= 4 is 51.6 Å². The largest absolute Gasteiger partial charge is 0.376 e. The van der Waals surface area contributed by atoms with E-state index in [-0.39, 0.29) is 35.5 Å². The second-order valence-electron chi connectivity index (χ2n) is 8.61. The maximum absolute atomic E-state index is 13.6. The van der Waals surface area contributed by atoms with Crippen LogP contribution in [0.2, 0.25) is 0 Å². The highest BCUT2D eigenvalue weighted by atomic mass is 32.2. The summed E-state index contributed by atoms with van der Waals surface area (Å²) >= 11 is 7.92. The fraction of sp³-hybridized carbons (Fsp3) is 0.455. The van der Waals surface area contributed by atoms with Gasteiger partial charge in [0, 0.05) is 12.6 Å². The number of amides is 1. The Kier molecular flexibility index (Phi) is 7.32. The van der Waals surface area contributed by atoms with Crippen molar-refractivity contribution in [3.05, 3.63) is 44.4 Å². The monoisotopic (exact) mass is 536 g/mol. The number of nitrogens with zero attached hydrogens (tertiary/aromatic N) is 3. The van der Waals surface area contributed by atoms with Crippen molar-refractivity contribution in [2.75, 3.05) is 12.4 Å². The van der Waals surface area contributed by atoms with E-state index in [1.807, 2.05) is 11.5 Å². The van der Waals surface area contributed by atoms with Gasteiger partial charge in [-0.2, -0.15) is 0 Å². The molecule has 0 spiro atoms. The molecule has 0 radical (unpaired) electrons. The predicted octanol–water partition coefficient (Wildman–Crippen LogP) is 2.72. The molecule has 0 saturated carbocycles. The summed E-state index contributed by atoms with van der Waals surface area (Å²) in [6.07, 6.45) is 2.54. The molecule has 2 aliphatic rings. The van der Waals surface area contributed by atoms with E-state index < -0.39 is 5.82 Å². The lowest BCUT2D eigenvalue weighted by Crippen LogP contribution is -2.45. The molecule has 4 heterocycles. The van der Waals surface area contributed by atoms with Crippen molar-refractivity contribution < 1.29 is 13.9 Å². The highest BCUT2D eigenvalue weighted by molar-refractivity contribution is 7.99. The summed E-state index contributed by atoms with van der Waals surface area (Å²) in [6.45, 7) is 3.26. The van der Waals surface area contributed by atoms with Crippen molar-refractivity contribution in [3.8, 4) is 5.69 Å². The zero-order chi connectivity index (χ0) is 24.5. The van der Waals surface area contributed by atoms with Crippen LogP contribution < -0.4 is 21.7 Å². The Bertz CT molecular complexity index is 1350. The normalized spacial score (nSPS) is 22.2. The highest BCUT2D eigenvalue weighted by Crippen LogP contribution is 2.26. The van der Waals surface area contributed by atoms with Crippen LogP contribution in [0.25, 0.3) is 16.0 Å². The molecule has 1 aromatic carbocycles. The lowest BCUT2D eigenvalue weighted by atomic mass is 10.2. The first-order valence-electron chi connectivity index (χ1n) is 11.4. The first kappa shape index (κ1) is 24.5. The van der Waals surface area contributed by atoms with Gasteiger partial charge in [0.25, 0.3) is 5.56 Å². The number of ether oxygens (including phenoxy) is 1. The van der Waals surface area contributed by atoms with E-state index in [0.717, 1.165) is 31.0 Å². The number of carbonyl (C=O) groups is 1. The van der Waals surface area contributed by atoms with Gasteiger partial charge < -0.3 is 14.6 Å². The molecule has 13 heteroatoms. The molecule has 0 aliphatic carbocycles. The van der Waals surface area contributed by atoms with E-state index in [4.69, 9.17) is 21.9 Å². The number of rotatable bonds is 7. The average Bonchev–Trinajstić information content (AvgIpc) is 3.56. The molecule has 3 N–H and O–H groups in total. The third-order valence-corrected chi connectivity index (χ3v) is 8.28. The molecule has 35 heavy (non-hydrogen) atoms. The number of thiazole rings is 1. The van der Waals surface area contributed by atoms with Crippen molar-refractivity contribution in [1.29, 1.82) is 0 Å². The van der Waals surface area contributed by atoms with Crippen LogP contribution in [0.4, 0.5) is 4.39 Å². The number of thioether (sulfide) groups is 1. The predicted molar refractivity (Wildman–Crippen MR) is 136 cm³/mol. The van der Waals surface area contributed by atoms with Gasteiger partial charge in [-0.05, 0) is 62.7 Å². The minimum Gasteiger partial charge on any atom is -0.376 e. The third kappa shape index (κ3) is 5.34. The summed E-state index contributed by atoms with van der Waals surface area (Å²) in [5.41, 5.74) is 6.75. The first-order chi connectivity index (χ1) is 16.9. The Labute approximate surface area is 214 Å². The van der Waals surface area contributed by atoms with E-state index in [9.17, 15) is 14.0 Å². The Balaban J connectivity index is 1.50. The van der Waals surface area contributed by atoms with Crippen LogP contribution in [0.3, 0.4) is 0 Å². The Hall–Kier alpha value is -2.16. The summed E-state index contributed by atoms with van der Waals surface area (Å²) in [7, 11) is 0. The summed E-state index contributed by atoms with van der Waals surface area (Å²) < 4.78 is 23.6. The fourth-order valence-electron chi connectivity index (χ4n) is 4.22. The lowest BCUT2D eigenvalue weighted by Gasteiger charge is -2.15. The van der Waals surface area contributed by atoms with Crippen molar-refractivity contribution in [2.45, 2.75) is 56.2 Å². The fourth-order valence-corrected chi connectivity index (χ4v) is 6.31. The van der Waals surface area contributed by atoms with Gasteiger partial charge in [0.15, 0.2) is 14.8 Å². The Morgan fingerprint density at radius 2 is 2.17 bits per heavy atom. The number of hydrazine groups is 1. The number of nitrogens with one attached hydrogen (secondary N) is 3. The highest BCUT2D eigenvalue weighted by Gasteiger charge is 2.24. The third-order valence-electron chi connectivity index (χ3n) is 5.91. The molecule has 5 rings (SSSR count). The minimum atomic E-state index is -0.408. The van der Waals surface area contributed by atoms with Crippen molar-refractivity contribution in [1.82, 2.24) is 30.3 Å². The van der Waals surface area contributed by atoms with Crippen molar-refractivity contribution in [2.24, 2.45) is 0 Å². The Morgan fingerprint density at radius 3 is 2.86 bits per heavy atom. The molecule has 3 atom stereocenters. The van der Waals surface area contributed by atoms with Gasteiger partial charge in [-0.3, -0.25) is 19.6 Å². The van der Waals surface area contributed by atoms with Gasteiger partial charge in [0.05, 0.1) is 30.3 Å². The van der Waals surface area contributed by atoms with Gasteiger partial charge >= 0.3 is 0 Å². The van der Waals surface area contributed by atoms with Crippen LogP contribution in [0.1, 0.15) is 26.2 Å². The quantitative estimate of drug-likeness (QED) is 0.241. The van der Waals surface area contributed by atoms with Crippen LogP contribution in [0.15, 0.2) is 34.2 Å². The number of hydrogen-bond acceptors (Lipinski definition) is 9. The van der Waals surface area contributed by atoms with E-state index in [2.05, 4.69) is 16.2 Å². The summed E-state index contributed by atoms with van der Waals surface area (Å²) in [5, 5.41) is 3.26. The van der Waals surface area contributed by atoms with Crippen LogP contribution in [-0.2, 0) is 16.1 Å². The SMILES string of the molecule is CC1CC(NC(=O)CSc2nc3c(sc(=S)n3CC3CCCO3)c(=O)n2-c2ccc(F)cc2)NN1. The zero-order valence-corrected chi connectivity index (χ0v) is 21.4. The van der Waals surface area contributed by atoms with E-state index in [1.54, 1.807) is 0 Å². The molecular weight excluding hydrogens is 511 g/mol. The number of halogens is 1. The van der Waals surface area contributed by atoms with Crippen LogP contribution in [0, 0.1) is 9.77 Å². The Morgan fingerprint density at radius 1 is 1.37 bits per heavy atom. The lowest BCUT2D eigenvalue weighted by molar-refractivity contribution is -0.119. The number of fused-ring (bicyclic) bond motifs is 1. The van der Waals surface area contributed by atoms with Gasteiger partial charge in [0.1, 0.15) is 10.5 Å². The van der Waals surface area contributed by atoms with E-state index in [0.29, 0.717) is 38.3 Å². The molecule has 2 fully saturated rings. The maximum Gasteiger partial charge on any atom is 0.278 e. The number of benzene rings is 1. The molecule has 3 unspecified atom stereocenters. The maximum atomic E-state index is 13.6. The average molecular weight is 537 g/mol. The smallest absolute Gasteiger partial charge is 0.278 e. The number of hydrogen-bond donors (Lipinski definition) is 3. The second kappa shape index (κ2) is 10.4. The number of aromatic nitrogens is 3. The molecule has 186 valence electrons. The molecule has 3 aromatic rings. The van der Waals surface area contributed by atoms with Crippen LogP contribution >= 0.6 is 35.3 Å². The molecule has 2 aromatic heterocycles. The molecule has 2 saturated heterocycles. The van der Waals surface area contributed by atoms with Crippen LogP contribution in [0.5, 0.6) is 0 Å². The standard InChI is InChI=1S/C22H25FN6O3S3/c1-12-9-16(27-26-12)24-17(30)11-34-21-25-19-18(20(31)29(21)14-6-4-13(23)5-7-14)35-22(33)28(19)10-15-3-2-8-32-15/h4-7,12,15-16,26-27H,2-3,8-11H2,1H3,(H,24,30). The van der Waals surface area contributed by atoms with Gasteiger partial charge in [-0.1, -0.05) is 23.1 Å². The van der Waals surface area contributed by atoms with Gasteiger partial charge in [0.2, 0.25) is 5.91 Å². The summed E-state index contributed by atoms with van der Waals surface area (Å²) in [6, 6.07) is 5.87. The molecule has 0 bridgehead atoms. The van der Waals surface area contributed by atoms with Gasteiger partial charge in [-0.25, -0.2) is 14.8 Å². The van der Waals surface area contributed by atoms with Crippen molar-refractivity contribution in [3.63, 3.8) is 0 Å². The zero-order valence-electron chi connectivity index (χ0n) is 19.0. The van der Waals surface area contributed by atoms with E-state index >= 15 is 0 Å². The van der Waals surface area contributed by atoms with Gasteiger partial charge in [-0.15, -0.1) is 0 Å².